The van der Waals surface area contributed by atoms with Crippen LogP contribution >= 0.6 is 23.8 Å². The van der Waals surface area contributed by atoms with Gasteiger partial charge in [0.05, 0.1) is 16.3 Å². The third kappa shape index (κ3) is 4.68. The summed E-state index contributed by atoms with van der Waals surface area (Å²) in [7, 11) is 0. The second-order valence-corrected chi connectivity index (χ2v) is 4.36. The molecule has 0 bridgehead atoms. The van der Waals surface area contributed by atoms with Crippen molar-refractivity contribution in [3.63, 3.8) is 0 Å². The van der Waals surface area contributed by atoms with Gasteiger partial charge in [-0.1, -0.05) is 18.5 Å². The van der Waals surface area contributed by atoms with Crippen LogP contribution in [-0.4, -0.2) is 11.0 Å². The minimum Gasteiger partial charge on any atom is -0.331 e. The smallest absolute Gasteiger partial charge is 0.331 e. The normalized spacial score (nSPS) is 11.0. The van der Waals surface area contributed by atoms with Crippen LogP contribution in [0.4, 0.5) is 18.9 Å². The van der Waals surface area contributed by atoms with E-state index >= 15 is 0 Å². The zero-order valence-corrected chi connectivity index (χ0v) is 11.3. The van der Waals surface area contributed by atoms with Crippen molar-refractivity contribution < 1.29 is 18.0 Å². The fourth-order valence-electron chi connectivity index (χ4n) is 1.16. The molecule has 0 aliphatic rings. The van der Waals surface area contributed by atoms with E-state index in [0.717, 1.165) is 18.2 Å². The van der Waals surface area contributed by atoms with Crippen LogP contribution in [0.1, 0.15) is 18.9 Å². The molecule has 0 aliphatic heterocycles. The first-order valence-electron chi connectivity index (χ1n) is 5.21. The van der Waals surface area contributed by atoms with Gasteiger partial charge in [-0.2, -0.15) is 13.2 Å². The average Bonchev–Trinajstić information content (AvgIpc) is 2.30. The molecular weight excluding hydrogens is 301 g/mol. The molecule has 0 unspecified atom stereocenters. The molecular formula is C11H10ClF3N2OS. The number of halogens is 4. The highest BCUT2D eigenvalue weighted by Crippen LogP contribution is 2.33. The van der Waals surface area contributed by atoms with Gasteiger partial charge in [0.1, 0.15) is 0 Å². The Balaban J connectivity index is 2.81. The van der Waals surface area contributed by atoms with E-state index in [0.29, 0.717) is 0 Å². The van der Waals surface area contributed by atoms with Gasteiger partial charge in [0.25, 0.3) is 0 Å². The van der Waals surface area contributed by atoms with Crippen LogP contribution in [0.25, 0.3) is 0 Å². The van der Waals surface area contributed by atoms with Gasteiger partial charge in [0.2, 0.25) is 5.91 Å². The summed E-state index contributed by atoms with van der Waals surface area (Å²) < 4.78 is 37.3. The van der Waals surface area contributed by atoms with Gasteiger partial charge in [0, 0.05) is 6.42 Å². The Morgan fingerprint density at radius 2 is 2.05 bits per heavy atom. The molecule has 0 aromatic heterocycles. The molecule has 1 amide bonds. The second-order valence-electron chi connectivity index (χ2n) is 3.55. The number of thiocarbonyl (C=S) groups is 1. The lowest BCUT2D eigenvalue weighted by Gasteiger charge is -2.12. The fraction of sp³-hybridized carbons (Fsp3) is 0.273. The van der Waals surface area contributed by atoms with E-state index in [-0.39, 0.29) is 28.2 Å². The maximum absolute atomic E-state index is 12.4. The third-order valence-corrected chi connectivity index (χ3v) is 2.64. The summed E-state index contributed by atoms with van der Waals surface area (Å²) in [5, 5.41) is 4.75. The molecule has 0 radical (unpaired) electrons. The summed E-state index contributed by atoms with van der Waals surface area (Å²) in [6.07, 6.45) is -4.22. The van der Waals surface area contributed by atoms with Crippen molar-refractivity contribution in [2.75, 3.05) is 5.32 Å². The van der Waals surface area contributed by atoms with Crippen molar-refractivity contribution in [3.05, 3.63) is 28.8 Å². The van der Waals surface area contributed by atoms with E-state index in [1.807, 2.05) is 0 Å². The molecule has 0 atom stereocenters. The highest BCUT2D eigenvalue weighted by Gasteiger charge is 2.30. The lowest BCUT2D eigenvalue weighted by atomic mass is 10.2. The molecule has 1 aromatic carbocycles. The number of benzene rings is 1. The number of rotatable bonds is 2. The predicted molar refractivity (Wildman–Crippen MR) is 71.1 cm³/mol. The van der Waals surface area contributed by atoms with Crippen molar-refractivity contribution in [1.82, 2.24) is 5.32 Å². The van der Waals surface area contributed by atoms with E-state index in [1.165, 1.54) is 0 Å². The molecule has 8 heteroatoms. The maximum atomic E-state index is 12.4. The van der Waals surface area contributed by atoms with E-state index in [2.05, 4.69) is 10.6 Å². The van der Waals surface area contributed by atoms with Crippen LogP contribution < -0.4 is 10.6 Å². The Labute approximate surface area is 118 Å². The second kappa shape index (κ2) is 6.21. The number of carbonyl (C=O) groups excluding carboxylic acids is 1. The molecule has 0 spiro atoms. The zero-order chi connectivity index (χ0) is 14.6. The summed E-state index contributed by atoms with van der Waals surface area (Å²) >= 11 is 10.5. The lowest BCUT2D eigenvalue weighted by Crippen LogP contribution is -2.33. The minimum absolute atomic E-state index is 0.0199. The van der Waals surface area contributed by atoms with Gasteiger partial charge in [-0.15, -0.1) is 0 Å². The Morgan fingerprint density at radius 1 is 1.42 bits per heavy atom. The highest BCUT2D eigenvalue weighted by atomic mass is 35.5. The molecule has 104 valence electrons. The number of amides is 1. The van der Waals surface area contributed by atoms with E-state index in [9.17, 15) is 18.0 Å². The Bertz CT molecular complexity index is 505. The van der Waals surface area contributed by atoms with Crippen molar-refractivity contribution in [3.8, 4) is 0 Å². The van der Waals surface area contributed by atoms with Gasteiger partial charge in [0.15, 0.2) is 5.11 Å². The lowest BCUT2D eigenvalue weighted by molar-refractivity contribution is -0.137. The molecule has 0 aliphatic carbocycles. The summed E-state index contributed by atoms with van der Waals surface area (Å²) in [5.41, 5.74) is -0.664. The van der Waals surface area contributed by atoms with Crippen LogP contribution in [0, 0.1) is 0 Å². The average molecular weight is 311 g/mol. The Kier molecular flexibility index (Phi) is 5.13. The monoisotopic (exact) mass is 310 g/mol. The standard InChI is InChI=1S/C11H10ClF3N2OS/c1-2-9(18)17-10(19)16-8-4-3-6(5-7(8)12)11(13,14)15/h3-5H,2H2,1H3,(H2,16,17,18,19). The van der Waals surface area contributed by atoms with Gasteiger partial charge >= 0.3 is 6.18 Å². The van der Waals surface area contributed by atoms with Crippen molar-refractivity contribution in [1.29, 1.82) is 0 Å². The van der Waals surface area contributed by atoms with Gasteiger partial charge in [-0.05, 0) is 30.4 Å². The third-order valence-electron chi connectivity index (χ3n) is 2.12. The van der Waals surface area contributed by atoms with E-state index < -0.39 is 11.7 Å². The summed E-state index contributed by atoms with van der Waals surface area (Å²) in [4.78, 5) is 11.1. The number of hydrogen-bond donors (Lipinski definition) is 2. The first-order chi connectivity index (χ1) is 8.74. The number of anilines is 1. The highest BCUT2D eigenvalue weighted by molar-refractivity contribution is 7.80. The van der Waals surface area contributed by atoms with Crippen LogP contribution in [0.2, 0.25) is 5.02 Å². The van der Waals surface area contributed by atoms with Gasteiger partial charge in [-0.25, -0.2) is 0 Å². The van der Waals surface area contributed by atoms with Crippen LogP contribution in [0.3, 0.4) is 0 Å². The van der Waals surface area contributed by atoms with E-state index in [4.69, 9.17) is 23.8 Å². The summed E-state index contributed by atoms with van der Waals surface area (Å²) in [6.45, 7) is 1.64. The summed E-state index contributed by atoms with van der Waals surface area (Å²) in [6, 6.07) is 2.81. The van der Waals surface area contributed by atoms with Crippen LogP contribution in [-0.2, 0) is 11.0 Å². The first-order valence-corrected chi connectivity index (χ1v) is 6.00. The van der Waals surface area contributed by atoms with Gasteiger partial charge in [-0.3, -0.25) is 4.79 Å². The van der Waals surface area contributed by atoms with E-state index in [1.54, 1.807) is 6.92 Å². The topological polar surface area (TPSA) is 41.1 Å². The molecule has 3 nitrogen and oxygen atoms in total. The molecule has 19 heavy (non-hydrogen) atoms. The molecule has 0 fully saturated rings. The molecule has 2 N–H and O–H groups in total. The largest absolute Gasteiger partial charge is 0.416 e. The maximum Gasteiger partial charge on any atom is 0.416 e. The minimum atomic E-state index is -4.46. The van der Waals surface area contributed by atoms with Crippen LogP contribution in [0.5, 0.6) is 0 Å². The first kappa shape index (κ1) is 15.7. The van der Waals surface area contributed by atoms with Crippen molar-refractivity contribution >= 4 is 40.5 Å². The molecule has 0 saturated heterocycles. The number of hydrogen-bond acceptors (Lipinski definition) is 2. The number of carbonyl (C=O) groups is 1. The molecule has 1 aromatic rings. The number of alkyl halides is 3. The Hall–Kier alpha value is -1.34. The molecule has 1 rings (SSSR count). The van der Waals surface area contributed by atoms with Crippen LogP contribution in [0.15, 0.2) is 18.2 Å². The van der Waals surface area contributed by atoms with Crippen molar-refractivity contribution in [2.24, 2.45) is 0 Å². The quantitative estimate of drug-likeness (QED) is 0.820. The Morgan fingerprint density at radius 3 is 2.53 bits per heavy atom. The number of nitrogens with one attached hydrogen (secondary N) is 2. The fourth-order valence-corrected chi connectivity index (χ4v) is 1.61. The molecule has 0 heterocycles. The van der Waals surface area contributed by atoms with Gasteiger partial charge < -0.3 is 10.6 Å². The zero-order valence-electron chi connectivity index (χ0n) is 9.77. The summed E-state index contributed by atoms with van der Waals surface area (Å²) in [5.74, 6) is -0.305. The van der Waals surface area contributed by atoms with Crippen molar-refractivity contribution in [2.45, 2.75) is 19.5 Å². The molecule has 0 saturated carbocycles. The SMILES string of the molecule is CCC(=O)NC(=S)Nc1ccc(C(F)(F)F)cc1Cl. The predicted octanol–water partition coefficient (Wildman–Crippen LogP) is 3.58.